The van der Waals surface area contributed by atoms with Crippen LogP contribution in [0.4, 0.5) is 13.2 Å². The molecular weight excluding hydrogens is 403 g/mol. The Balaban J connectivity index is 1.46. The molecule has 1 N–H and O–H groups in total. The lowest BCUT2D eigenvalue weighted by Crippen LogP contribution is -2.45. The predicted molar refractivity (Wildman–Crippen MR) is 112 cm³/mol. The molecule has 1 saturated heterocycles. The van der Waals surface area contributed by atoms with Crippen LogP contribution in [0.3, 0.4) is 0 Å². The summed E-state index contributed by atoms with van der Waals surface area (Å²) in [4.78, 5) is 8.05. The van der Waals surface area contributed by atoms with Crippen LogP contribution in [0.15, 0.2) is 43.0 Å². The highest BCUT2D eigenvalue weighted by Crippen LogP contribution is 2.50. The molecule has 2 fully saturated rings. The molecular formula is C24H30F3N3O. The van der Waals surface area contributed by atoms with Crippen molar-refractivity contribution in [3.8, 4) is 0 Å². The molecule has 2 aliphatic rings. The van der Waals surface area contributed by atoms with Gasteiger partial charge in [0.1, 0.15) is 0 Å². The fourth-order valence-corrected chi connectivity index (χ4v) is 5.54. The Morgan fingerprint density at radius 1 is 1.06 bits per heavy atom. The highest BCUT2D eigenvalue weighted by atomic mass is 19.4. The minimum atomic E-state index is -4.37. The van der Waals surface area contributed by atoms with Crippen LogP contribution in [0, 0.1) is 5.92 Å². The van der Waals surface area contributed by atoms with Gasteiger partial charge in [-0.1, -0.05) is 12.8 Å². The largest absolute Gasteiger partial charge is 0.416 e. The van der Waals surface area contributed by atoms with Gasteiger partial charge in [-0.05, 0) is 79.8 Å². The highest BCUT2D eigenvalue weighted by Gasteiger charge is 2.47. The standard InChI is InChI=1S/C24H30F3N3O/c25-24(26,27)21-8-14-30-17-19(21)16-29-13-7-20(18-5-11-28-12-6-18)22-4-3-15-31-23(22)9-1-2-10-23/h5-6,8,11-12,14,17,20,22,29H,1-4,7,9-10,13,15-16H2. The van der Waals surface area contributed by atoms with Crippen LogP contribution in [0.1, 0.15) is 67.6 Å². The van der Waals surface area contributed by atoms with Gasteiger partial charge < -0.3 is 10.1 Å². The topological polar surface area (TPSA) is 47.0 Å². The van der Waals surface area contributed by atoms with Crippen molar-refractivity contribution in [2.24, 2.45) is 5.92 Å². The maximum absolute atomic E-state index is 13.2. The summed E-state index contributed by atoms with van der Waals surface area (Å²) in [5.41, 5.74) is 0.768. The number of ether oxygens (including phenoxy) is 1. The van der Waals surface area contributed by atoms with Gasteiger partial charge in [-0.2, -0.15) is 13.2 Å². The van der Waals surface area contributed by atoms with Crippen LogP contribution in [-0.2, 0) is 17.5 Å². The number of hydrogen-bond acceptors (Lipinski definition) is 4. The molecule has 1 aliphatic heterocycles. The predicted octanol–water partition coefficient (Wildman–Crippen LogP) is 5.50. The van der Waals surface area contributed by atoms with Gasteiger partial charge in [-0.3, -0.25) is 9.97 Å². The normalized spacial score (nSPS) is 22.0. The van der Waals surface area contributed by atoms with Crippen LogP contribution >= 0.6 is 0 Å². The average Bonchev–Trinajstić information content (AvgIpc) is 3.23. The van der Waals surface area contributed by atoms with Crippen molar-refractivity contribution in [3.63, 3.8) is 0 Å². The second-order valence-electron chi connectivity index (χ2n) is 8.75. The van der Waals surface area contributed by atoms with E-state index in [4.69, 9.17) is 4.74 Å². The number of pyridine rings is 2. The molecule has 2 unspecified atom stereocenters. The quantitative estimate of drug-likeness (QED) is 0.586. The molecule has 2 atom stereocenters. The van der Waals surface area contributed by atoms with E-state index >= 15 is 0 Å². The number of rotatable bonds is 7. The number of nitrogens with one attached hydrogen (secondary N) is 1. The number of halogens is 3. The molecule has 31 heavy (non-hydrogen) atoms. The van der Waals surface area contributed by atoms with E-state index in [0.717, 1.165) is 44.8 Å². The average molecular weight is 434 g/mol. The Bertz CT molecular complexity index is 837. The maximum atomic E-state index is 13.2. The Kier molecular flexibility index (Phi) is 6.92. The molecule has 0 aromatic carbocycles. The van der Waals surface area contributed by atoms with Crippen molar-refractivity contribution in [1.29, 1.82) is 0 Å². The first-order chi connectivity index (χ1) is 15.0. The Morgan fingerprint density at radius 3 is 2.55 bits per heavy atom. The number of hydrogen-bond donors (Lipinski definition) is 1. The van der Waals surface area contributed by atoms with Crippen LogP contribution in [0.2, 0.25) is 0 Å². The summed E-state index contributed by atoms with van der Waals surface area (Å²) in [5, 5.41) is 3.24. The van der Waals surface area contributed by atoms with Crippen molar-refractivity contribution in [2.75, 3.05) is 13.2 Å². The van der Waals surface area contributed by atoms with Gasteiger partial charge in [0.25, 0.3) is 0 Å². The molecule has 2 aromatic heterocycles. The zero-order valence-electron chi connectivity index (χ0n) is 17.7. The molecule has 1 aliphatic carbocycles. The van der Waals surface area contributed by atoms with Crippen molar-refractivity contribution in [3.05, 3.63) is 59.7 Å². The van der Waals surface area contributed by atoms with E-state index in [1.54, 1.807) is 0 Å². The smallest absolute Gasteiger partial charge is 0.375 e. The summed E-state index contributed by atoms with van der Waals surface area (Å²) in [5.74, 6) is 0.724. The minimum absolute atomic E-state index is 0.0427. The second-order valence-corrected chi connectivity index (χ2v) is 8.75. The van der Waals surface area contributed by atoms with Gasteiger partial charge in [0.15, 0.2) is 0 Å². The first-order valence-electron chi connectivity index (χ1n) is 11.2. The Hall–Kier alpha value is -1.99. The summed E-state index contributed by atoms with van der Waals surface area (Å²) in [6.07, 6.45) is 9.45. The van der Waals surface area contributed by atoms with E-state index in [9.17, 15) is 13.2 Å². The molecule has 4 rings (SSSR count). The van der Waals surface area contributed by atoms with Crippen LogP contribution in [0.25, 0.3) is 0 Å². The van der Waals surface area contributed by atoms with E-state index in [-0.39, 0.29) is 17.7 Å². The van der Waals surface area contributed by atoms with Gasteiger partial charge in [-0.25, -0.2) is 0 Å². The third kappa shape index (κ3) is 5.09. The molecule has 1 saturated carbocycles. The van der Waals surface area contributed by atoms with Gasteiger partial charge in [0.05, 0.1) is 11.2 Å². The first kappa shape index (κ1) is 22.2. The summed E-state index contributed by atoms with van der Waals surface area (Å²) in [6, 6.07) is 5.19. The van der Waals surface area contributed by atoms with Crippen molar-refractivity contribution >= 4 is 0 Å². The van der Waals surface area contributed by atoms with E-state index in [2.05, 4.69) is 27.4 Å². The second kappa shape index (κ2) is 9.65. The molecule has 0 radical (unpaired) electrons. The fraction of sp³-hybridized carbons (Fsp3) is 0.583. The summed E-state index contributed by atoms with van der Waals surface area (Å²) < 4.78 is 46.1. The van der Waals surface area contributed by atoms with Crippen LogP contribution in [-0.4, -0.2) is 28.7 Å². The minimum Gasteiger partial charge on any atom is -0.375 e. The molecule has 0 amide bonds. The van der Waals surface area contributed by atoms with Gasteiger partial charge in [-0.15, -0.1) is 0 Å². The lowest BCUT2D eigenvalue weighted by atomic mass is 9.69. The SMILES string of the molecule is FC(F)(F)c1ccncc1CNCCC(c1ccncc1)C1CCCOC12CCCC2. The Labute approximate surface area is 181 Å². The van der Waals surface area contributed by atoms with Gasteiger partial charge in [0.2, 0.25) is 0 Å². The van der Waals surface area contributed by atoms with E-state index in [1.165, 1.54) is 30.8 Å². The zero-order valence-corrected chi connectivity index (χ0v) is 17.7. The molecule has 3 heterocycles. The zero-order chi connectivity index (χ0) is 21.7. The fourth-order valence-electron chi connectivity index (χ4n) is 5.54. The summed E-state index contributed by atoms with van der Waals surface area (Å²) in [6.45, 7) is 1.61. The van der Waals surface area contributed by atoms with E-state index < -0.39 is 11.7 Å². The molecule has 1 spiro atoms. The molecule has 4 nitrogen and oxygen atoms in total. The van der Waals surface area contributed by atoms with Crippen LogP contribution in [0.5, 0.6) is 0 Å². The molecule has 7 heteroatoms. The number of nitrogens with zero attached hydrogens (tertiary/aromatic N) is 2. The van der Waals surface area contributed by atoms with Crippen molar-refractivity contribution in [2.45, 2.75) is 69.2 Å². The Morgan fingerprint density at radius 2 is 1.81 bits per heavy atom. The highest BCUT2D eigenvalue weighted by molar-refractivity contribution is 5.26. The lowest BCUT2D eigenvalue weighted by Gasteiger charge is -2.45. The monoisotopic (exact) mass is 433 g/mol. The number of aromatic nitrogens is 2. The maximum Gasteiger partial charge on any atom is 0.416 e. The first-order valence-corrected chi connectivity index (χ1v) is 11.2. The molecule has 168 valence electrons. The lowest BCUT2D eigenvalue weighted by molar-refractivity contribution is -0.138. The van der Waals surface area contributed by atoms with Crippen molar-refractivity contribution in [1.82, 2.24) is 15.3 Å². The van der Waals surface area contributed by atoms with Gasteiger partial charge in [0, 0.05) is 37.9 Å². The third-order valence-corrected chi connectivity index (χ3v) is 6.95. The number of alkyl halides is 3. The molecule has 0 bridgehead atoms. The third-order valence-electron chi connectivity index (χ3n) is 6.95. The van der Waals surface area contributed by atoms with E-state index in [1.807, 2.05) is 12.4 Å². The van der Waals surface area contributed by atoms with Crippen molar-refractivity contribution < 1.29 is 17.9 Å². The summed E-state index contributed by atoms with van der Waals surface area (Å²) in [7, 11) is 0. The van der Waals surface area contributed by atoms with Gasteiger partial charge >= 0.3 is 6.18 Å². The van der Waals surface area contributed by atoms with E-state index in [0.29, 0.717) is 18.4 Å². The van der Waals surface area contributed by atoms with Crippen LogP contribution < -0.4 is 5.32 Å². The molecule has 2 aromatic rings. The summed E-state index contributed by atoms with van der Waals surface area (Å²) >= 11 is 0.